The molecule has 0 saturated carbocycles. The van der Waals surface area contributed by atoms with Crippen molar-refractivity contribution in [3.8, 4) is 0 Å². The molecular formula is C12H17N3O2. The molecule has 1 heterocycles. The summed E-state index contributed by atoms with van der Waals surface area (Å²) >= 11 is 0. The van der Waals surface area contributed by atoms with Gasteiger partial charge in [-0.15, -0.1) is 0 Å². The Labute approximate surface area is 101 Å². The quantitative estimate of drug-likeness (QED) is 0.576. The summed E-state index contributed by atoms with van der Waals surface area (Å²) in [5.41, 5.74) is 7.87. The molecule has 1 fully saturated rings. The molecule has 5 heteroatoms. The Morgan fingerprint density at radius 2 is 2.12 bits per heavy atom. The van der Waals surface area contributed by atoms with E-state index in [1.165, 1.54) is 7.11 Å². The summed E-state index contributed by atoms with van der Waals surface area (Å²) in [5, 5.41) is 3.28. The molecular weight excluding hydrogens is 218 g/mol. The van der Waals surface area contributed by atoms with Crippen LogP contribution < -0.4 is 16.0 Å². The van der Waals surface area contributed by atoms with Crippen LogP contribution in [0.2, 0.25) is 0 Å². The maximum atomic E-state index is 11.5. The van der Waals surface area contributed by atoms with Gasteiger partial charge in [0.1, 0.15) is 0 Å². The minimum Gasteiger partial charge on any atom is -0.465 e. The molecule has 17 heavy (non-hydrogen) atoms. The van der Waals surface area contributed by atoms with Gasteiger partial charge in [-0.3, -0.25) is 0 Å². The van der Waals surface area contributed by atoms with Crippen molar-refractivity contribution in [1.82, 2.24) is 5.32 Å². The number of piperazine rings is 1. The van der Waals surface area contributed by atoms with Crippen LogP contribution in [0.25, 0.3) is 0 Å². The Morgan fingerprint density at radius 1 is 1.41 bits per heavy atom. The fourth-order valence-electron chi connectivity index (χ4n) is 2.02. The predicted octanol–water partition coefficient (Wildman–Crippen LogP) is 0.465. The van der Waals surface area contributed by atoms with Crippen LogP contribution in [0.3, 0.4) is 0 Å². The summed E-state index contributed by atoms with van der Waals surface area (Å²) in [5.74, 6) is -0.389. The normalized spacial score (nSPS) is 15.7. The van der Waals surface area contributed by atoms with Crippen molar-refractivity contribution in [2.75, 3.05) is 43.9 Å². The fraction of sp³-hybridized carbons (Fsp3) is 0.417. The SMILES string of the molecule is COC(=O)c1cccc(N2CCNCC2)c1N. The number of carbonyl (C=O) groups excluding carboxylic acids is 1. The van der Waals surface area contributed by atoms with E-state index < -0.39 is 0 Å². The molecule has 0 amide bonds. The summed E-state index contributed by atoms with van der Waals surface area (Å²) < 4.78 is 4.71. The highest BCUT2D eigenvalue weighted by Crippen LogP contribution is 2.27. The van der Waals surface area contributed by atoms with Crippen molar-refractivity contribution in [2.24, 2.45) is 0 Å². The Bertz CT molecular complexity index is 414. The molecule has 0 aliphatic carbocycles. The molecule has 1 aliphatic heterocycles. The fourth-order valence-corrected chi connectivity index (χ4v) is 2.02. The summed E-state index contributed by atoms with van der Waals surface area (Å²) in [6.07, 6.45) is 0. The second-order valence-corrected chi connectivity index (χ2v) is 3.97. The van der Waals surface area contributed by atoms with Crippen LogP contribution in [-0.2, 0) is 4.74 Å². The van der Waals surface area contributed by atoms with Gasteiger partial charge in [-0.25, -0.2) is 4.79 Å². The number of hydrogen-bond donors (Lipinski definition) is 2. The number of hydrogen-bond acceptors (Lipinski definition) is 5. The second-order valence-electron chi connectivity index (χ2n) is 3.97. The van der Waals surface area contributed by atoms with Crippen LogP contribution in [0.5, 0.6) is 0 Å². The molecule has 0 radical (unpaired) electrons. The van der Waals surface area contributed by atoms with Gasteiger partial charge >= 0.3 is 5.97 Å². The molecule has 1 aromatic carbocycles. The van der Waals surface area contributed by atoms with Crippen LogP contribution in [0, 0.1) is 0 Å². The van der Waals surface area contributed by atoms with Gasteiger partial charge in [0.2, 0.25) is 0 Å². The number of nitrogens with two attached hydrogens (primary N) is 1. The van der Waals surface area contributed by atoms with Gasteiger partial charge < -0.3 is 20.7 Å². The first-order valence-electron chi connectivity index (χ1n) is 5.66. The summed E-state index contributed by atoms with van der Waals surface area (Å²) in [6.45, 7) is 3.66. The number of benzene rings is 1. The zero-order valence-corrected chi connectivity index (χ0v) is 9.90. The topological polar surface area (TPSA) is 67.6 Å². The van der Waals surface area contributed by atoms with Crippen molar-refractivity contribution in [3.05, 3.63) is 23.8 Å². The van der Waals surface area contributed by atoms with E-state index in [1.807, 2.05) is 12.1 Å². The molecule has 0 bridgehead atoms. The molecule has 3 N–H and O–H groups in total. The van der Waals surface area contributed by atoms with Gasteiger partial charge in [0.15, 0.2) is 0 Å². The number of rotatable bonds is 2. The highest BCUT2D eigenvalue weighted by atomic mass is 16.5. The Balaban J connectivity index is 2.31. The van der Waals surface area contributed by atoms with Crippen molar-refractivity contribution in [2.45, 2.75) is 0 Å². The number of nitrogen functional groups attached to an aromatic ring is 1. The number of carbonyl (C=O) groups is 1. The Morgan fingerprint density at radius 3 is 2.76 bits per heavy atom. The largest absolute Gasteiger partial charge is 0.465 e. The van der Waals surface area contributed by atoms with Gasteiger partial charge in [0.05, 0.1) is 24.0 Å². The van der Waals surface area contributed by atoms with E-state index in [9.17, 15) is 4.79 Å². The van der Waals surface area contributed by atoms with E-state index in [0.717, 1.165) is 31.9 Å². The number of ether oxygens (including phenoxy) is 1. The predicted molar refractivity (Wildman–Crippen MR) is 67.3 cm³/mol. The minimum absolute atomic E-state index is 0.389. The average molecular weight is 235 g/mol. The molecule has 0 unspecified atom stereocenters. The van der Waals surface area contributed by atoms with E-state index in [-0.39, 0.29) is 5.97 Å². The molecule has 0 spiro atoms. The number of methoxy groups -OCH3 is 1. The van der Waals surface area contributed by atoms with Crippen LogP contribution >= 0.6 is 0 Å². The summed E-state index contributed by atoms with van der Waals surface area (Å²) in [6, 6.07) is 5.46. The smallest absolute Gasteiger partial charge is 0.340 e. The van der Waals surface area contributed by atoms with Gasteiger partial charge in [0, 0.05) is 26.2 Å². The lowest BCUT2D eigenvalue weighted by atomic mass is 10.1. The van der Waals surface area contributed by atoms with Crippen molar-refractivity contribution < 1.29 is 9.53 Å². The molecule has 5 nitrogen and oxygen atoms in total. The van der Waals surface area contributed by atoms with Crippen LogP contribution in [0.4, 0.5) is 11.4 Å². The first-order chi connectivity index (χ1) is 8.24. The molecule has 0 atom stereocenters. The highest BCUT2D eigenvalue weighted by Gasteiger charge is 2.17. The highest BCUT2D eigenvalue weighted by molar-refractivity contribution is 5.98. The Hall–Kier alpha value is -1.75. The van der Waals surface area contributed by atoms with Crippen LogP contribution in [0.1, 0.15) is 10.4 Å². The van der Waals surface area contributed by atoms with E-state index in [4.69, 9.17) is 10.5 Å². The number of esters is 1. The number of nitrogens with one attached hydrogen (secondary N) is 1. The first-order valence-corrected chi connectivity index (χ1v) is 5.66. The summed E-state index contributed by atoms with van der Waals surface area (Å²) in [7, 11) is 1.36. The third-order valence-electron chi connectivity index (χ3n) is 2.95. The lowest BCUT2D eigenvalue weighted by Crippen LogP contribution is -2.43. The standard InChI is InChI=1S/C12H17N3O2/c1-17-12(16)9-3-2-4-10(11(9)13)15-7-5-14-6-8-15/h2-4,14H,5-8,13H2,1H3. The third-order valence-corrected chi connectivity index (χ3v) is 2.95. The van der Waals surface area contributed by atoms with Crippen molar-refractivity contribution in [3.63, 3.8) is 0 Å². The lowest BCUT2D eigenvalue weighted by molar-refractivity contribution is 0.0602. The van der Waals surface area contributed by atoms with Crippen LogP contribution in [0.15, 0.2) is 18.2 Å². The zero-order valence-electron chi connectivity index (χ0n) is 9.90. The van der Waals surface area contributed by atoms with Gasteiger partial charge in [-0.2, -0.15) is 0 Å². The first kappa shape index (κ1) is 11.7. The molecule has 92 valence electrons. The molecule has 1 saturated heterocycles. The van der Waals surface area contributed by atoms with Gasteiger partial charge in [-0.05, 0) is 12.1 Å². The maximum Gasteiger partial charge on any atom is 0.340 e. The molecule has 1 aliphatic rings. The zero-order chi connectivity index (χ0) is 12.3. The number of anilines is 2. The minimum atomic E-state index is -0.389. The van der Waals surface area contributed by atoms with Crippen LogP contribution in [-0.4, -0.2) is 39.3 Å². The van der Waals surface area contributed by atoms with Crippen molar-refractivity contribution >= 4 is 17.3 Å². The monoisotopic (exact) mass is 235 g/mol. The average Bonchev–Trinajstić information content (AvgIpc) is 2.39. The summed E-state index contributed by atoms with van der Waals surface area (Å²) in [4.78, 5) is 13.7. The second kappa shape index (κ2) is 5.05. The van der Waals surface area contributed by atoms with E-state index >= 15 is 0 Å². The van der Waals surface area contributed by atoms with E-state index in [2.05, 4.69) is 10.2 Å². The van der Waals surface area contributed by atoms with E-state index in [0.29, 0.717) is 11.3 Å². The van der Waals surface area contributed by atoms with E-state index in [1.54, 1.807) is 6.07 Å². The third kappa shape index (κ3) is 2.34. The van der Waals surface area contributed by atoms with Gasteiger partial charge in [-0.1, -0.05) is 6.07 Å². The molecule has 1 aromatic rings. The van der Waals surface area contributed by atoms with Crippen molar-refractivity contribution in [1.29, 1.82) is 0 Å². The molecule has 2 rings (SSSR count). The maximum absolute atomic E-state index is 11.5. The van der Waals surface area contributed by atoms with Gasteiger partial charge in [0.25, 0.3) is 0 Å². The lowest BCUT2D eigenvalue weighted by Gasteiger charge is -2.30. The number of para-hydroxylation sites is 1. The molecule has 0 aromatic heterocycles. The Kier molecular flexibility index (Phi) is 3.49. The number of nitrogens with zero attached hydrogens (tertiary/aromatic N) is 1.